The Morgan fingerprint density at radius 1 is 1.00 bits per heavy atom. The number of anilines is 1. The van der Waals surface area contributed by atoms with Crippen LogP contribution in [-0.2, 0) is 15.3 Å². The van der Waals surface area contributed by atoms with Gasteiger partial charge >= 0.3 is 10.5 Å². The molecule has 1 heterocycles. The van der Waals surface area contributed by atoms with Gasteiger partial charge in [-0.25, -0.2) is 0 Å². The second kappa shape index (κ2) is 8.79. The van der Waals surface area contributed by atoms with E-state index in [1.54, 1.807) is 31.1 Å². The molecule has 3 rings (SSSR count). The summed E-state index contributed by atoms with van der Waals surface area (Å²) in [7, 11) is -1.51. The van der Waals surface area contributed by atoms with Gasteiger partial charge < -0.3 is 14.0 Å². The van der Waals surface area contributed by atoms with Gasteiger partial charge in [0.25, 0.3) is 0 Å². The van der Waals surface area contributed by atoms with Crippen molar-refractivity contribution in [3.05, 3.63) is 60.2 Å². The molecule has 0 aliphatic carbocycles. The maximum absolute atomic E-state index is 12.8. The van der Waals surface area contributed by atoms with Gasteiger partial charge in [-0.2, -0.15) is 8.42 Å². The summed E-state index contributed by atoms with van der Waals surface area (Å²) in [6.45, 7) is 2.78. The second-order valence-electron chi connectivity index (χ2n) is 7.04. The summed E-state index contributed by atoms with van der Waals surface area (Å²) in [4.78, 5) is 18.7. The topological polar surface area (TPSA) is 70.2 Å². The fourth-order valence-corrected chi connectivity index (χ4v) is 3.80. The van der Waals surface area contributed by atoms with Crippen LogP contribution in [0.4, 0.5) is 9.57 Å². The quantitative estimate of drug-likeness (QED) is 0.667. The maximum Gasteiger partial charge on any atom is 0.488 e. The fourth-order valence-electron chi connectivity index (χ4n) is 3.46. The zero-order valence-corrected chi connectivity index (χ0v) is 17.2. The highest BCUT2D eigenvalue weighted by atomic mass is 32.3. The van der Waals surface area contributed by atoms with Crippen molar-refractivity contribution in [2.75, 3.05) is 45.2 Å². The highest BCUT2D eigenvalue weighted by molar-refractivity contribution is 7.81. The summed E-state index contributed by atoms with van der Waals surface area (Å²) in [5.41, 5.74) is 1.84. The lowest BCUT2D eigenvalue weighted by molar-refractivity contribution is -0.134. The molecule has 0 saturated carbocycles. The molecule has 2 aromatic rings. The molecule has 1 aliphatic rings. The summed E-state index contributed by atoms with van der Waals surface area (Å²) >= 11 is 0. The molecule has 7 nitrogen and oxygen atoms in total. The number of hydrogen-bond acceptors (Lipinski definition) is 6. The first kappa shape index (κ1) is 21.1. The van der Waals surface area contributed by atoms with Crippen molar-refractivity contribution in [1.29, 1.82) is 0 Å². The lowest BCUT2D eigenvalue weighted by atomic mass is 10.0. The zero-order valence-electron chi connectivity index (χ0n) is 16.4. The summed E-state index contributed by atoms with van der Waals surface area (Å²) in [5.74, 6) is -0.0332. The van der Waals surface area contributed by atoms with Crippen LogP contribution >= 0.6 is 0 Å². The van der Waals surface area contributed by atoms with Crippen molar-refractivity contribution < 1.29 is 21.3 Å². The predicted molar refractivity (Wildman–Crippen MR) is 109 cm³/mol. The van der Waals surface area contributed by atoms with Crippen molar-refractivity contribution in [1.82, 2.24) is 9.80 Å². The van der Waals surface area contributed by atoms with Crippen LogP contribution in [0.2, 0.25) is 0 Å². The van der Waals surface area contributed by atoms with E-state index in [0.717, 1.165) is 11.3 Å². The molecule has 0 radical (unpaired) electrons. The SMILES string of the molecule is CN(C)C(=O)C(c1ccccc1)N1CCN(c2ccc(OS(=O)(=O)F)cc2)CC1. The van der Waals surface area contributed by atoms with E-state index in [1.807, 2.05) is 30.3 Å². The zero-order chi connectivity index (χ0) is 21.0. The standard InChI is InChI=1S/C20H24FN3O4S/c1-22(2)20(25)19(16-6-4-3-5-7-16)24-14-12-23(13-15-24)17-8-10-18(11-9-17)28-29(21,26)27/h3-11,19H,12-15H2,1-2H3. The Balaban J connectivity index is 1.69. The fraction of sp³-hybridized carbons (Fsp3) is 0.350. The second-order valence-corrected chi connectivity index (χ2v) is 7.99. The van der Waals surface area contributed by atoms with Crippen molar-refractivity contribution in [3.63, 3.8) is 0 Å². The van der Waals surface area contributed by atoms with Crippen molar-refractivity contribution in [3.8, 4) is 5.75 Å². The third kappa shape index (κ3) is 5.45. The monoisotopic (exact) mass is 421 g/mol. The van der Waals surface area contributed by atoms with Crippen LogP contribution in [0.25, 0.3) is 0 Å². The van der Waals surface area contributed by atoms with E-state index in [2.05, 4.69) is 14.0 Å². The molecular formula is C20H24FN3O4S. The molecule has 29 heavy (non-hydrogen) atoms. The number of benzene rings is 2. The molecule has 0 aromatic heterocycles. The van der Waals surface area contributed by atoms with Gasteiger partial charge in [0.1, 0.15) is 11.8 Å². The average Bonchev–Trinajstić information content (AvgIpc) is 2.69. The molecule has 0 bridgehead atoms. The Morgan fingerprint density at radius 2 is 1.59 bits per heavy atom. The largest absolute Gasteiger partial charge is 0.488 e. The van der Waals surface area contributed by atoms with Crippen LogP contribution in [0, 0.1) is 0 Å². The molecule has 0 spiro atoms. The van der Waals surface area contributed by atoms with E-state index in [9.17, 15) is 17.1 Å². The van der Waals surface area contributed by atoms with Gasteiger partial charge in [-0.05, 0) is 29.8 Å². The van der Waals surface area contributed by atoms with Crippen LogP contribution in [0.3, 0.4) is 0 Å². The minimum atomic E-state index is -5.03. The highest BCUT2D eigenvalue weighted by Gasteiger charge is 2.31. The molecule has 1 aliphatic heterocycles. The highest BCUT2D eigenvalue weighted by Crippen LogP contribution is 2.27. The van der Waals surface area contributed by atoms with Crippen LogP contribution < -0.4 is 9.08 Å². The number of carbonyl (C=O) groups is 1. The van der Waals surface area contributed by atoms with E-state index in [-0.39, 0.29) is 17.7 Å². The Morgan fingerprint density at radius 3 is 2.10 bits per heavy atom. The van der Waals surface area contributed by atoms with Gasteiger partial charge in [0.2, 0.25) is 5.91 Å². The summed E-state index contributed by atoms with van der Waals surface area (Å²) in [6.07, 6.45) is 0. The van der Waals surface area contributed by atoms with Crippen LogP contribution in [0.15, 0.2) is 54.6 Å². The lowest BCUT2D eigenvalue weighted by Gasteiger charge is -2.40. The van der Waals surface area contributed by atoms with Gasteiger partial charge in [-0.3, -0.25) is 9.69 Å². The van der Waals surface area contributed by atoms with Gasteiger partial charge in [-0.1, -0.05) is 34.2 Å². The summed E-state index contributed by atoms with van der Waals surface area (Å²) in [5, 5.41) is 0. The number of halogens is 1. The maximum atomic E-state index is 12.8. The molecule has 156 valence electrons. The molecule has 1 amide bonds. The summed E-state index contributed by atoms with van der Waals surface area (Å²) in [6, 6.07) is 15.6. The van der Waals surface area contributed by atoms with Crippen LogP contribution in [0.1, 0.15) is 11.6 Å². The number of nitrogens with zero attached hydrogens (tertiary/aromatic N) is 3. The molecule has 1 fully saturated rings. The van der Waals surface area contributed by atoms with Crippen LogP contribution in [-0.4, -0.2) is 64.4 Å². The summed E-state index contributed by atoms with van der Waals surface area (Å²) < 4.78 is 38.0. The molecule has 1 atom stereocenters. The Kier molecular flexibility index (Phi) is 6.39. The van der Waals surface area contributed by atoms with E-state index < -0.39 is 10.5 Å². The average molecular weight is 421 g/mol. The number of amides is 1. The smallest absolute Gasteiger partial charge is 0.369 e. The van der Waals surface area contributed by atoms with Crippen molar-refractivity contribution in [2.45, 2.75) is 6.04 Å². The minimum absolute atomic E-state index is 0.0404. The van der Waals surface area contributed by atoms with E-state index in [1.165, 1.54) is 12.1 Å². The van der Waals surface area contributed by atoms with Gasteiger partial charge in [-0.15, -0.1) is 0 Å². The third-order valence-corrected chi connectivity index (χ3v) is 5.26. The normalized spacial score (nSPS) is 16.3. The Labute approximate surface area is 170 Å². The first-order valence-corrected chi connectivity index (χ1v) is 10.5. The number of carbonyl (C=O) groups excluding carboxylic acids is 1. The van der Waals surface area contributed by atoms with Crippen LogP contribution in [0.5, 0.6) is 5.75 Å². The predicted octanol–water partition coefficient (Wildman–Crippen LogP) is 2.23. The third-order valence-electron chi connectivity index (χ3n) is 4.87. The first-order chi connectivity index (χ1) is 13.7. The van der Waals surface area contributed by atoms with E-state index in [0.29, 0.717) is 26.2 Å². The Bertz CT molecular complexity index is 928. The number of rotatable bonds is 6. The number of likely N-dealkylation sites (N-methyl/N-ethyl adjacent to an activating group) is 1. The Hall–Kier alpha value is -2.65. The van der Waals surface area contributed by atoms with Gasteiger partial charge in [0, 0.05) is 46.0 Å². The number of hydrogen-bond donors (Lipinski definition) is 0. The molecular weight excluding hydrogens is 397 g/mol. The molecule has 1 unspecified atom stereocenters. The van der Waals surface area contributed by atoms with E-state index in [4.69, 9.17) is 0 Å². The van der Waals surface area contributed by atoms with E-state index >= 15 is 0 Å². The van der Waals surface area contributed by atoms with Crippen molar-refractivity contribution in [2.24, 2.45) is 0 Å². The minimum Gasteiger partial charge on any atom is -0.369 e. The molecule has 9 heteroatoms. The van der Waals surface area contributed by atoms with Gasteiger partial charge in [0.15, 0.2) is 0 Å². The lowest BCUT2D eigenvalue weighted by Crippen LogP contribution is -2.51. The first-order valence-electron chi connectivity index (χ1n) is 9.24. The molecule has 2 aromatic carbocycles. The van der Waals surface area contributed by atoms with Gasteiger partial charge in [0.05, 0.1) is 0 Å². The molecule has 0 N–H and O–H groups in total. The number of piperazine rings is 1. The van der Waals surface area contributed by atoms with Crippen molar-refractivity contribution >= 4 is 22.1 Å². The molecule has 1 saturated heterocycles.